The van der Waals surface area contributed by atoms with E-state index >= 15 is 0 Å². The molecule has 1 fully saturated rings. The molecule has 1 aliphatic heterocycles. The number of rotatable bonds is 4. The Bertz CT molecular complexity index is 161. The van der Waals surface area contributed by atoms with Crippen LogP contribution in [0.5, 0.6) is 0 Å². The number of hydrogen-bond donors (Lipinski definition) is 0. The van der Waals surface area contributed by atoms with Gasteiger partial charge in [-0.05, 0) is 20.0 Å². The van der Waals surface area contributed by atoms with Crippen molar-refractivity contribution in [2.45, 2.75) is 20.0 Å². The van der Waals surface area contributed by atoms with Crippen LogP contribution >= 0.6 is 0 Å². The van der Waals surface area contributed by atoms with Crippen LogP contribution in [0.25, 0.3) is 0 Å². The first-order valence-corrected chi connectivity index (χ1v) is 5.56. The van der Waals surface area contributed by atoms with Gasteiger partial charge in [-0.25, -0.2) is 0 Å². The Kier molecular flexibility index (Phi) is 4.85. The third-order valence-electron chi connectivity index (χ3n) is 2.53. The monoisotopic (exact) mass is 200 g/mol. The van der Waals surface area contributed by atoms with E-state index in [1.807, 2.05) is 0 Å². The first kappa shape index (κ1) is 12.0. The second-order valence-corrected chi connectivity index (χ2v) is 4.87. The maximum absolute atomic E-state index is 5.72. The fraction of sp³-hybridized carbons (Fsp3) is 1.00. The molecule has 1 unspecified atom stereocenters. The minimum absolute atomic E-state index is 0.400. The number of nitrogens with zero attached hydrogens (tertiary/aromatic N) is 2. The summed E-state index contributed by atoms with van der Waals surface area (Å²) in [5.74, 6) is 0.737. The van der Waals surface area contributed by atoms with Crippen LogP contribution in [0.1, 0.15) is 13.8 Å². The van der Waals surface area contributed by atoms with Gasteiger partial charge in [-0.3, -0.25) is 0 Å². The van der Waals surface area contributed by atoms with Crippen molar-refractivity contribution in [1.29, 1.82) is 0 Å². The van der Waals surface area contributed by atoms with E-state index in [0.717, 1.165) is 38.7 Å². The molecule has 3 nitrogen and oxygen atoms in total. The Morgan fingerprint density at radius 2 is 2.21 bits per heavy atom. The molecule has 3 heteroatoms. The lowest BCUT2D eigenvalue weighted by molar-refractivity contribution is -0.0334. The van der Waals surface area contributed by atoms with Crippen molar-refractivity contribution in [1.82, 2.24) is 9.80 Å². The quantitative estimate of drug-likeness (QED) is 0.671. The van der Waals surface area contributed by atoms with Crippen LogP contribution < -0.4 is 0 Å². The Hall–Kier alpha value is -0.120. The molecule has 0 amide bonds. The lowest BCUT2D eigenvalue weighted by Crippen LogP contribution is -2.45. The molecule has 1 heterocycles. The van der Waals surface area contributed by atoms with Gasteiger partial charge in [-0.15, -0.1) is 0 Å². The largest absolute Gasteiger partial charge is 0.374 e. The van der Waals surface area contributed by atoms with Crippen LogP contribution in [0, 0.1) is 5.92 Å². The molecule has 0 N–H and O–H groups in total. The van der Waals surface area contributed by atoms with Crippen molar-refractivity contribution in [2.75, 3.05) is 46.9 Å². The van der Waals surface area contributed by atoms with Crippen molar-refractivity contribution in [3.05, 3.63) is 0 Å². The summed E-state index contributed by atoms with van der Waals surface area (Å²) in [7, 11) is 4.34. The number of ether oxygens (including phenoxy) is 1. The molecular formula is C11H24N2O. The van der Waals surface area contributed by atoms with Gasteiger partial charge < -0.3 is 14.5 Å². The van der Waals surface area contributed by atoms with E-state index in [1.165, 1.54) is 0 Å². The number of hydrogen-bond acceptors (Lipinski definition) is 3. The molecule has 84 valence electrons. The van der Waals surface area contributed by atoms with Gasteiger partial charge in [-0.1, -0.05) is 13.8 Å². The van der Waals surface area contributed by atoms with Crippen LogP contribution in [-0.4, -0.2) is 62.8 Å². The molecule has 0 saturated carbocycles. The van der Waals surface area contributed by atoms with Gasteiger partial charge in [-0.2, -0.15) is 0 Å². The smallest absolute Gasteiger partial charge is 0.0829 e. The number of morpholine rings is 1. The molecular weight excluding hydrogens is 176 g/mol. The highest BCUT2D eigenvalue weighted by atomic mass is 16.5. The van der Waals surface area contributed by atoms with Crippen molar-refractivity contribution >= 4 is 0 Å². The molecule has 1 rings (SSSR count). The lowest BCUT2D eigenvalue weighted by atomic mass is 10.2. The zero-order valence-corrected chi connectivity index (χ0v) is 9.99. The molecule has 0 bridgehead atoms. The van der Waals surface area contributed by atoms with E-state index in [-0.39, 0.29) is 0 Å². The third kappa shape index (κ3) is 4.40. The zero-order chi connectivity index (χ0) is 10.6. The normalized spacial score (nSPS) is 24.9. The second kappa shape index (κ2) is 5.69. The SMILES string of the molecule is CC(C)CN(C)CC1CN(C)CCO1. The van der Waals surface area contributed by atoms with Crippen LogP contribution in [0.2, 0.25) is 0 Å². The molecule has 1 saturated heterocycles. The van der Waals surface area contributed by atoms with E-state index in [1.54, 1.807) is 0 Å². The maximum atomic E-state index is 5.72. The predicted molar refractivity (Wildman–Crippen MR) is 59.6 cm³/mol. The molecule has 1 atom stereocenters. The summed E-state index contributed by atoms with van der Waals surface area (Å²) >= 11 is 0. The molecule has 0 aromatic rings. The van der Waals surface area contributed by atoms with E-state index in [0.29, 0.717) is 6.10 Å². The van der Waals surface area contributed by atoms with E-state index < -0.39 is 0 Å². The van der Waals surface area contributed by atoms with Gasteiger partial charge in [0.1, 0.15) is 0 Å². The maximum Gasteiger partial charge on any atom is 0.0829 e. The Balaban J connectivity index is 2.21. The minimum atomic E-state index is 0.400. The van der Waals surface area contributed by atoms with Crippen LogP contribution in [-0.2, 0) is 4.74 Å². The fourth-order valence-corrected chi connectivity index (χ4v) is 2.02. The average Bonchev–Trinajstić information content (AvgIpc) is 2.01. The summed E-state index contributed by atoms with van der Waals surface area (Å²) in [6.07, 6.45) is 0.400. The molecule has 0 aromatic carbocycles. The minimum Gasteiger partial charge on any atom is -0.374 e. The zero-order valence-electron chi connectivity index (χ0n) is 9.99. The molecule has 0 aliphatic carbocycles. The van der Waals surface area contributed by atoms with Crippen LogP contribution in [0.15, 0.2) is 0 Å². The summed E-state index contributed by atoms with van der Waals surface area (Å²) in [5.41, 5.74) is 0. The Morgan fingerprint density at radius 1 is 1.50 bits per heavy atom. The summed E-state index contributed by atoms with van der Waals surface area (Å²) in [5, 5.41) is 0. The summed E-state index contributed by atoms with van der Waals surface area (Å²) < 4.78 is 5.72. The number of likely N-dealkylation sites (N-methyl/N-ethyl adjacent to an activating group) is 2. The second-order valence-electron chi connectivity index (χ2n) is 4.87. The molecule has 1 aliphatic rings. The van der Waals surface area contributed by atoms with Crippen molar-refractivity contribution in [2.24, 2.45) is 5.92 Å². The molecule has 0 spiro atoms. The summed E-state index contributed by atoms with van der Waals surface area (Å²) in [4.78, 5) is 4.71. The molecule has 14 heavy (non-hydrogen) atoms. The van der Waals surface area contributed by atoms with Gasteiger partial charge >= 0.3 is 0 Å². The van der Waals surface area contributed by atoms with Gasteiger partial charge in [0, 0.05) is 26.2 Å². The highest BCUT2D eigenvalue weighted by Gasteiger charge is 2.19. The van der Waals surface area contributed by atoms with E-state index in [2.05, 4.69) is 37.7 Å². The van der Waals surface area contributed by atoms with Gasteiger partial charge in [0.05, 0.1) is 12.7 Å². The van der Waals surface area contributed by atoms with Gasteiger partial charge in [0.2, 0.25) is 0 Å². The average molecular weight is 200 g/mol. The highest BCUT2D eigenvalue weighted by molar-refractivity contribution is 4.72. The van der Waals surface area contributed by atoms with E-state index in [9.17, 15) is 0 Å². The topological polar surface area (TPSA) is 15.7 Å². The first-order valence-electron chi connectivity index (χ1n) is 5.56. The van der Waals surface area contributed by atoms with Gasteiger partial charge in [0.25, 0.3) is 0 Å². The van der Waals surface area contributed by atoms with Crippen LogP contribution in [0.4, 0.5) is 0 Å². The highest BCUT2D eigenvalue weighted by Crippen LogP contribution is 2.05. The summed E-state index contributed by atoms with van der Waals surface area (Å²) in [6, 6.07) is 0. The Morgan fingerprint density at radius 3 is 2.79 bits per heavy atom. The van der Waals surface area contributed by atoms with Crippen molar-refractivity contribution in [3.63, 3.8) is 0 Å². The van der Waals surface area contributed by atoms with Gasteiger partial charge in [0.15, 0.2) is 0 Å². The Labute approximate surface area is 88.0 Å². The summed E-state index contributed by atoms with van der Waals surface area (Å²) in [6.45, 7) is 9.75. The molecule has 0 aromatic heterocycles. The first-order chi connectivity index (χ1) is 6.58. The molecule has 0 radical (unpaired) electrons. The fourth-order valence-electron chi connectivity index (χ4n) is 2.02. The van der Waals surface area contributed by atoms with Crippen LogP contribution in [0.3, 0.4) is 0 Å². The standard InChI is InChI=1S/C11H24N2O/c1-10(2)7-13(4)9-11-8-12(3)5-6-14-11/h10-11H,5-9H2,1-4H3. The van der Waals surface area contributed by atoms with Crippen molar-refractivity contribution < 1.29 is 4.74 Å². The van der Waals surface area contributed by atoms with E-state index in [4.69, 9.17) is 4.74 Å². The third-order valence-corrected chi connectivity index (χ3v) is 2.53. The van der Waals surface area contributed by atoms with Crippen molar-refractivity contribution in [3.8, 4) is 0 Å². The predicted octanol–water partition coefficient (Wildman–Crippen LogP) is 0.905. The lowest BCUT2D eigenvalue weighted by Gasteiger charge is -2.33.